The molecule has 7 heteroatoms. The van der Waals surface area contributed by atoms with Gasteiger partial charge in [-0.25, -0.2) is 0 Å². The number of hydrogen-bond acceptors (Lipinski definition) is 5. The van der Waals surface area contributed by atoms with E-state index in [0.29, 0.717) is 13.1 Å². The molecule has 140 valence electrons. The molecule has 27 heavy (non-hydrogen) atoms. The van der Waals surface area contributed by atoms with Gasteiger partial charge in [0.25, 0.3) is 0 Å². The van der Waals surface area contributed by atoms with Crippen molar-refractivity contribution in [2.75, 3.05) is 25.1 Å². The van der Waals surface area contributed by atoms with Gasteiger partial charge in [-0.2, -0.15) is 0 Å². The Labute approximate surface area is 158 Å². The molecule has 7 nitrogen and oxygen atoms in total. The van der Waals surface area contributed by atoms with Gasteiger partial charge in [0.2, 0.25) is 11.9 Å². The molecule has 1 fully saturated rings. The number of carbonyl (C=O) groups excluding carboxylic acids is 1. The van der Waals surface area contributed by atoms with Crippen molar-refractivity contribution in [2.45, 2.75) is 19.4 Å². The second kappa shape index (κ2) is 7.65. The number of nitrogens with one attached hydrogen (secondary N) is 1. The third-order valence-corrected chi connectivity index (χ3v) is 5.00. The average molecular weight is 365 g/mol. The van der Waals surface area contributed by atoms with E-state index in [2.05, 4.69) is 20.4 Å². The minimum atomic E-state index is -0.0481. The van der Waals surface area contributed by atoms with Crippen LogP contribution < -0.4 is 15.0 Å². The van der Waals surface area contributed by atoms with E-state index in [0.717, 1.165) is 42.3 Å². The van der Waals surface area contributed by atoms with Gasteiger partial charge in [-0.15, -0.1) is 10.2 Å². The van der Waals surface area contributed by atoms with Gasteiger partial charge in [-0.3, -0.25) is 9.20 Å². The second-order valence-corrected chi connectivity index (χ2v) is 6.78. The molecule has 1 amide bonds. The molecule has 4 rings (SSSR count). The van der Waals surface area contributed by atoms with Crippen LogP contribution in [-0.2, 0) is 11.3 Å². The third kappa shape index (κ3) is 3.72. The first-order valence-corrected chi connectivity index (χ1v) is 9.20. The Morgan fingerprint density at radius 3 is 2.89 bits per heavy atom. The van der Waals surface area contributed by atoms with Gasteiger partial charge in [0.05, 0.1) is 13.0 Å². The smallest absolute Gasteiger partial charge is 0.231 e. The number of carbonyl (C=O) groups is 1. The number of pyridine rings is 1. The molecule has 1 atom stereocenters. The number of fused-ring (bicyclic) bond motifs is 1. The maximum Gasteiger partial charge on any atom is 0.231 e. The molecule has 1 aromatic carbocycles. The zero-order valence-electron chi connectivity index (χ0n) is 15.3. The van der Waals surface area contributed by atoms with Crippen LogP contribution in [0.5, 0.6) is 5.75 Å². The van der Waals surface area contributed by atoms with Gasteiger partial charge in [0.1, 0.15) is 5.75 Å². The van der Waals surface area contributed by atoms with Crippen molar-refractivity contribution in [3.05, 3.63) is 54.2 Å². The molecule has 2 aromatic heterocycles. The molecule has 3 heterocycles. The van der Waals surface area contributed by atoms with E-state index in [-0.39, 0.29) is 11.8 Å². The topological polar surface area (TPSA) is 71.8 Å². The van der Waals surface area contributed by atoms with Crippen LogP contribution in [0.4, 0.5) is 5.95 Å². The molecule has 3 aromatic rings. The summed E-state index contributed by atoms with van der Waals surface area (Å²) in [5, 5.41) is 11.6. The summed E-state index contributed by atoms with van der Waals surface area (Å²) in [5.74, 6) is 1.66. The highest BCUT2D eigenvalue weighted by Crippen LogP contribution is 2.22. The van der Waals surface area contributed by atoms with Crippen LogP contribution in [0.1, 0.15) is 18.4 Å². The van der Waals surface area contributed by atoms with Gasteiger partial charge in [-0.05, 0) is 42.7 Å². The number of amides is 1. The normalized spacial score (nSPS) is 17.1. The summed E-state index contributed by atoms with van der Waals surface area (Å²) >= 11 is 0. The Morgan fingerprint density at radius 2 is 2.07 bits per heavy atom. The minimum Gasteiger partial charge on any atom is -0.497 e. The van der Waals surface area contributed by atoms with Crippen molar-refractivity contribution in [3.63, 3.8) is 0 Å². The van der Waals surface area contributed by atoms with Crippen LogP contribution in [0.2, 0.25) is 0 Å². The van der Waals surface area contributed by atoms with Crippen molar-refractivity contribution in [2.24, 2.45) is 5.92 Å². The maximum atomic E-state index is 12.7. The Kier molecular flexibility index (Phi) is 4.91. The van der Waals surface area contributed by atoms with E-state index in [9.17, 15) is 4.79 Å². The molecule has 1 aliphatic heterocycles. The van der Waals surface area contributed by atoms with Gasteiger partial charge in [0.15, 0.2) is 5.65 Å². The first-order valence-electron chi connectivity index (χ1n) is 9.20. The van der Waals surface area contributed by atoms with Crippen LogP contribution in [0.3, 0.4) is 0 Å². The van der Waals surface area contributed by atoms with Crippen LogP contribution in [0.15, 0.2) is 48.7 Å². The maximum absolute atomic E-state index is 12.7. The van der Waals surface area contributed by atoms with E-state index in [1.165, 1.54) is 0 Å². The van der Waals surface area contributed by atoms with Crippen LogP contribution in [-0.4, -0.2) is 40.7 Å². The molecular formula is C20H23N5O2. The van der Waals surface area contributed by atoms with E-state index in [1.54, 1.807) is 7.11 Å². The summed E-state index contributed by atoms with van der Waals surface area (Å²) in [6.07, 6.45) is 3.81. The Hall–Kier alpha value is -3.09. The van der Waals surface area contributed by atoms with E-state index in [1.807, 2.05) is 53.1 Å². The summed E-state index contributed by atoms with van der Waals surface area (Å²) in [6.45, 7) is 2.06. The molecule has 1 saturated heterocycles. The van der Waals surface area contributed by atoms with E-state index >= 15 is 0 Å². The van der Waals surface area contributed by atoms with Gasteiger partial charge < -0.3 is 15.0 Å². The largest absolute Gasteiger partial charge is 0.497 e. The third-order valence-electron chi connectivity index (χ3n) is 5.00. The lowest BCUT2D eigenvalue weighted by molar-refractivity contribution is -0.125. The summed E-state index contributed by atoms with van der Waals surface area (Å²) in [7, 11) is 1.64. The van der Waals surface area contributed by atoms with Crippen LogP contribution in [0, 0.1) is 5.92 Å². The molecule has 1 aliphatic rings. The number of rotatable bonds is 5. The lowest BCUT2D eigenvalue weighted by Gasteiger charge is -2.32. The van der Waals surface area contributed by atoms with E-state index in [4.69, 9.17) is 4.74 Å². The number of methoxy groups -OCH3 is 1. The first-order chi connectivity index (χ1) is 13.2. The fraction of sp³-hybridized carbons (Fsp3) is 0.350. The number of aromatic nitrogens is 3. The molecule has 1 N–H and O–H groups in total. The summed E-state index contributed by atoms with van der Waals surface area (Å²) < 4.78 is 7.13. The van der Waals surface area contributed by atoms with Crippen molar-refractivity contribution in [1.82, 2.24) is 19.9 Å². The van der Waals surface area contributed by atoms with Crippen molar-refractivity contribution >= 4 is 17.5 Å². The minimum absolute atomic E-state index is 0.0481. The fourth-order valence-corrected chi connectivity index (χ4v) is 3.49. The number of benzene rings is 1. The predicted octanol–water partition coefficient (Wildman–Crippen LogP) is 2.27. The molecule has 0 unspecified atom stereocenters. The number of nitrogens with zero attached hydrogens (tertiary/aromatic N) is 4. The highest BCUT2D eigenvalue weighted by Gasteiger charge is 2.27. The predicted molar refractivity (Wildman–Crippen MR) is 103 cm³/mol. The highest BCUT2D eigenvalue weighted by molar-refractivity contribution is 5.79. The Balaban J connectivity index is 1.39. The zero-order chi connectivity index (χ0) is 18.6. The lowest BCUT2D eigenvalue weighted by Crippen LogP contribution is -2.43. The van der Waals surface area contributed by atoms with Crippen molar-refractivity contribution in [1.29, 1.82) is 0 Å². The second-order valence-electron chi connectivity index (χ2n) is 6.78. The number of ether oxygens (including phenoxy) is 1. The van der Waals surface area contributed by atoms with Crippen molar-refractivity contribution in [3.8, 4) is 5.75 Å². The Morgan fingerprint density at radius 1 is 1.22 bits per heavy atom. The zero-order valence-corrected chi connectivity index (χ0v) is 15.3. The molecule has 0 bridgehead atoms. The summed E-state index contributed by atoms with van der Waals surface area (Å²) in [6, 6.07) is 13.6. The van der Waals surface area contributed by atoms with Crippen LogP contribution in [0.25, 0.3) is 5.65 Å². The van der Waals surface area contributed by atoms with Crippen LogP contribution >= 0.6 is 0 Å². The Bertz CT molecular complexity index is 922. The SMILES string of the molecule is COc1ccc(CNC(=O)[C@H]2CCCN(c3nnc4ccccn34)C2)cc1. The monoisotopic (exact) mass is 365 g/mol. The average Bonchev–Trinajstić information content (AvgIpc) is 3.16. The van der Waals surface area contributed by atoms with Gasteiger partial charge in [-0.1, -0.05) is 18.2 Å². The lowest BCUT2D eigenvalue weighted by atomic mass is 9.97. The molecule has 0 aliphatic carbocycles. The van der Waals surface area contributed by atoms with Gasteiger partial charge >= 0.3 is 0 Å². The highest BCUT2D eigenvalue weighted by atomic mass is 16.5. The quantitative estimate of drug-likeness (QED) is 0.751. The number of piperidine rings is 1. The van der Waals surface area contributed by atoms with E-state index < -0.39 is 0 Å². The molecule has 0 saturated carbocycles. The fourth-order valence-electron chi connectivity index (χ4n) is 3.49. The molecule has 0 radical (unpaired) electrons. The number of hydrogen-bond donors (Lipinski definition) is 1. The summed E-state index contributed by atoms with van der Waals surface area (Å²) in [5.41, 5.74) is 1.87. The number of anilines is 1. The first kappa shape index (κ1) is 17.3. The van der Waals surface area contributed by atoms with Crippen molar-refractivity contribution < 1.29 is 9.53 Å². The summed E-state index contributed by atoms with van der Waals surface area (Å²) in [4.78, 5) is 14.8. The molecule has 0 spiro atoms. The van der Waals surface area contributed by atoms with Gasteiger partial charge in [0, 0.05) is 25.8 Å². The standard InChI is InChI=1S/C20H23N5O2/c1-27-17-9-7-15(8-10-17)13-21-19(26)16-5-4-11-24(14-16)20-23-22-18-6-2-3-12-25(18)20/h2-3,6-10,12,16H,4-5,11,13-14H2,1H3,(H,21,26)/t16-/m0/s1. The molecular weight excluding hydrogens is 342 g/mol.